The van der Waals surface area contributed by atoms with Crippen molar-refractivity contribution >= 4 is 24.0 Å². The van der Waals surface area contributed by atoms with Crippen molar-refractivity contribution in [2.75, 3.05) is 33.8 Å². The number of aliphatic hydroxyl groups is 1. The lowest BCUT2D eigenvalue weighted by Crippen LogP contribution is -2.39. The zero-order valence-electron chi connectivity index (χ0n) is 18.2. The molecule has 0 bridgehead atoms. The predicted octanol–water partition coefficient (Wildman–Crippen LogP) is 1.72. The van der Waals surface area contributed by atoms with Crippen molar-refractivity contribution in [1.82, 2.24) is 19.8 Å². The normalized spacial score (nSPS) is 19.3. The van der Waals surface area contributed by atoms with E-state index in [4.69, 9.17) is 24.8 Å². The van der Waals surface area contributed by atoms with Crippen LogP contribution in [0.2, 0.25) is 0 Å². The SMILES string of the molecule is Cc1ccc2[nH]c(CN3C[C@@H](CO)CC[C@@H](N(C)C)C3)nc2c1C.O=CO.O=CO. The van der Waals surface area contributed by atoms with Crippen LogP contribution in [-0.4, -0.2) is 87.9 Å². The van der Waals surface area contributed by atoms with Crippen LogP contribution < -0.4 is 0 Å². The summed E-state index contributed by atoms with van der Waals surface area (Å²) >= 11 is 0. The molecule has 0 aliphatic carbocycles. The average Bonchev–Trinajstić information content (AvgIpc) is 2.98. The van der Waals surface area contributed by atoms with Gasteiger partial charge < -0.3 is 25.2 Å². The summed E-state index contributed by atoms with van der Waals surface area (Å²) in [6.45, 7) is 6.82. The molecule has 0 radical (unpaired) electrons. The fourth-order valence-corrected chi connectivity index (χ4v) is 3.70. The average molecular weight is 423 g/mol. The smallest absolute Gasteiger partial charge is 0.290 e. The first-order chi connectivity index (χ1) is 14.3. The van der Waals surface area contributed by atoms with Crippen LogP contribution in [0.1, 0.15) is 29.8 Å². The lowest BCUT2D eigenvalue weighted by molar-refractivity contribution is -0.123. The van der Waals surface area contributed by atoms with E-state index in [-0.39, 0.29) is 19.6 Å². The molecule has 1 saturated heterocycles. The van der Waals surface area contributed by atoms with E-state index in [0.717, 1.165) is 49.3 Å². The maximum absolute atomic E-state index is 9.64. The summed E-state index contributed by atoms with van der Waals surface area (Å²) in [5.41, 5.74) is 4.74. The minimum Gasteiger partial charge on any atom is -0.483 e. The molecule has 4 N–H and O–H groups in total. The van der Waals surface area contributed by atoms with Gasteiger partial charge in [0.05, 0.1) is 17.6 Å². The first-order valence-corrected chi connectivity index (χ1v) is 9.91. The maximum atomic E-state index is 9.64. The van der Waals surface area contributed by atoms with E-state index in [0.29, 0.717) is 12.0 Å². The van der Waals surface area contributed by atoms with Gasteiger partial charge in [-0.2, -0.15) is 0 Å². The number of rotatable bonds is 4. The molecule has 1 fully saturated rings. The molecule has 0 amide bonds. The maximum Gasteiger partial charge on any atom is 0.290 e. The van der Waals surface area contributed by atoms with Gasteiger partial charge in [-0.05, 0) is 63.9 Å². The van der Waals surface area contributed by atoms with Gasteiger partial charge in [0.2, 0.25) is 0 Å². The largest absolute Gasteiger partial charge is 0.483 e. The van der Waals surface area contributed by atoms with Crippen LogP contribution in [0.15, 0.2) is 12.1 Å². The highest BCUT2D eigenvalue weighted by Gasteiger charge is 2.25. The van der Waals surface area contributed by atoms with Gasteiger partial charge in [-0.3, -0.25) is 14.5 Å². The van der Waals surface area contributed by atoms with Gasteiger partial charge in [-0.15, -0.1) is 0 Å². The Morgan fingerprint density at radius 3 is 2.37 bits per heavy atom. The van der Waals surface area contributed by atoms with Crippen LogP contribution in [0.25, 0.3) is 11.0 Å². The predicted molar refractivity (Wildman–Crippen MR) is 116 cm³/mol. The van der Waals surface area contributed by atoms with Crippen molar-refractivity contribution in [2.24, 2.45) is 5.92 Å². The quantitative estimate of drug-likeness (QED) is 0.548. The molecule has 9 heteroatoms. The Balaban J connectivity index is 0.000000672. The number of aromatic amines is 1. The zero-order valence-corrected chi connectivity index (χ0v) is 18.2. The number of H-pyrrole nitrogens is 1. The Morgan fingerprint density at radius 1 is 1.17 bits per heavy atom. The number of aromatic nitrogens is 2. The fourth-order valence-electron chi connectivity index (χ4n) is 3.70. The number of carboxylic acid groups (broad SMARTS) is 2. The van der Waals surface area contributed by atoms with Crippen molar-refractivity contribution in [2.45, 2.75) is 39.3 Å². The van der Waals surface area contributed by atoms with Gasteiger partial charge in [-0.25, -0.2) is 4.98 Å². The molecule has 0 spiro atoms. The summed E-state index contributed by atoms with van der Waals surface area (Å²) in [6, 6.07) is 4.81. The Morgan fingerprint density at radius 2 is 1.80 bits per heavy atom. The molecule has 1 aliphatic rings. The molecule has 168 valence electrons. The fraction of sp³-hybridized carbons (Fsp3) is 0.571. The topological polar surface area (TPSA) is 130 Å². The molecule has 2 aromatic rings. The van der Waals surface area contributed by atoms with Crippen LogP contribution in [0.4, 0.5) is 0 Å². The second-order valence-electron chi connectivity index (χ2n) is 7.74. The number of nitrogens with one attached hydrogen (secondary N) is 1. The second kappa shape index (κ2) is 12.9. The molecule has 2 atom stereocenters. The number of aryl methyl sites for hydroxylation is 2. The number of imidazole rings is 1. The molecule has 30 heavy (non-hydrogen) atoms. The summed E-state index contributed by atoms with van der Waals surface area (Å²) in [4.78, 5) is 29.8. The second-order valence-corrected chi connectivity index (χ2v) is 7.74. The van der Waals surface area contributed by atoms with E-state index in [1.807, 2.05) is 0 Å². The standard InChI is InChI=1S/C19H30N4O.2CH2O2/c1-13-5-8-17-19(14(13)2)21-18(20-17)11-23-9-15(12-24)6-7-16(10-23)22(3)4;2*2-1-3/h5,8,15-16,24H,6-7,9-12H2,1-4H3,(H,20,21);2*1H,(H,2,3)/t15-,16+;;/m0../s1. The molecule has 2 heterocycles. The number of likely N-dealkylation sites (tertiary alicyclic amines) is 1. The molecule has 0 saturated carbocycles. The van der Waals surface area contributed by atoms with Crippen molar-refractivity contribution in [3.63, 3.8) is 0 Å². The Kier molecular flexibility index (Phi) is 11.0. The van der Waals surface area contributed by atoms with Gasteiger partial charge in [0.1, 0.15) is 5.82 Å². The van der Waals surface area contributed by atoms with E-state index >= 15 is 0 Å². The van der Waals surface area contributed by atoms with Crippen molar-refractivity contribution in [3.8, 4) is 0 Å². The minimum atomic E-state index is -0.250. The monoisotopic (exact) mass is 422 g/mol. The highest BCUT2D eigenvalue weighted by atomic mass is 16.3. The van der Waals surface area contributed by atoms with Crippen LogP contribution in [0.3, 0.4) is 0 Å². The summed E-state index contributed by atoms with van der Waals surface area (Å²) in [5, 5.41) is 23.4. The van der Waals surface area contributed by atoms with Crippen LogP contribution in [-0.2, 0) is 16.1 Å². The molecule has 1 aliphatic heterocycles. The molecular formula is C21H34N4O5. The lowest BCUT2D eigenvalue weighted by Gasteiger charge is -2.28. The molecule has 9 nitrogen and oxygen atoms in total. The first-order valence-electron chi connectivity index (χ1n) is 9.91. The third kappa shape index (κ3) is 7.40. The number of benzene rings is 1. The van der Waals surface area contributed by atoms with E-state index in [1.54, 1.807) is 0 Å². The van der Waals surface area contributed by atoms with Crippen molar-refractivity contribution in [3.05, 3.63) is 29.1 Å². The summed E-state index contributed by atoms with van der Waals surface area (Å²) in [6.07, 6.45) is 2.24. The van der Waals surface area contributed by atoms with Gasteiger partial charge in [0.15, 0.2) is 0 Å². The van der Waals surface area contributed by atoms with Crippen molar-refractivity contribution < 1.29 is 24.9 Å². The number of nitrogens with zero attached hydrogens (tertiary/aromatic N) is 3. The highest BCUT2D eigenvalue weighted by Crippen LogP contribution is 2.23. The van der Waals surface area contributed by atoms with Crippen molar-refractivity contribution in [1.29, 1.82) is 0 Å². The number of hydrogen-bond donors (Lipinski definition) is 4. The number of likely N-dealkylation sites (N-methyl/N-ethyl adjacent to an activating group) is 1. The molecule has 3 rings (SSSR count). The number of carbonyl (C=O) groups is 2. The third-order valence-corrected chi connectivity index (χ3v) is 5.48. The van der Waals surface area contributed by atoms with Gasteiger partial charge in [0, 0.05) is 25.7 Å². The van der Waals surface area contributed by atoms with Gasteiger partial charge in [-0.1, -0.05) is 6.07 Å². The summed E-state index contributed by atoms with van der Waals surface area (Å²) in [5.74, 6) is 1.39. The molecule has 0 unspecified atom stereocenters. The Bertz CT molecular complexity index is 787. The van der Waals surface area contributed by atoms with Crippen LogP contribution in [0.5, 0.6) is 0 Å². The molecule has 1 aromatic carbocycles. The zero-order chi connectivity index (χ0) is 22.7. The highest BCUT2D eigenvalue weighted by molar-refractivity contribution is 5.79. The van der Waals surface area contributed by atoms with E-state index < -0.39 is 0 Å². The lowest BCUT2D eigenvalue weighted by atomic mass is 10.0. The number of fused-ring (bicyclic) bond motifs is 1. The molecule has 1 aromatic heterocycles. The van der Waals surface area contributed by atoms with Gasteiger partial charge in [0.25, 0.3) is 12.9 Å². The third-order valence-electron chi connectivity index (χ3n) is 5.48. The van der Waals surface area contributed by atoms with Crippen LogP contribution in [0, 0.1) is 19.8 Å². The van der Waals surface area contributed by atoms with E-state index in [1.165, 1.54) is 11.1 Å². The first kappa shape index (κ1) is 25.5. The van der Waals surface area contributed by atoms with E-state index in [2.05, 4.69) is 54.9 Å². The number of hydrogen-bond acceptors (Lipinski definition) is 6. The Labute approximate surface area is 177 Å². The summed E-state index contributed by atoms with van der Waals surface area (Å²) < 4.78 is 0. The number of aliphatic hydroxyl groups excluding tert-OH is 1. The Hall–Kier alpha value is -2.49. The van der Waals surface area contributed by atoms with Crippen LogP contribution >= 0.6 is 0 Å². The minimum absolute atomic E-state index is 0.250. The summed E-state index contributed by atoms with van der Waals surface area (Å²) in [7, 11) is 4.30. The van der Waals surface area contributed by atoms with Gasteiger partial charge >= 0.3 is 0 Å². The molecular weight excluding hydrogens is 388 g/mol. The van der Waals surface area contributed by atoms with E-state index in [9.17, 15) is 5.11 Å².